The van der Waals surface area contributed by atoms with Gasteiger partial charge in [0.2, 0.25) is 0 Å². The summed E-state index contributed by atoms with van der Waals surface area (Å²) in [4.78, 5) is 19.8. The second kappa shape index (κ2) is 4.81. The van der Waals surface area contributed by atoms with Crippen LogP contribution in [-0.4, -0.2) is 15.9 Å². The third kappa shape index (κ3) is 2.16. The molecule has 1 aromatic carbocycles. The summed E-state index contributed by atoms with van der Waals surface area (Å²) in [7, 11) is 0. The van der Waals surface area contributed by atoms with E-state index in [9.17, 15) is 4.79 Å². The van der Waals surface area contributed by atoms with E-state index in [0.29, 0.717) is 5.56 Å². The Bertz CT molecular complexity index is 784. The van der Waals surface area contributed by atoms with Gasteiger partial charge in [0.05, 0.1) is 16.8 Å². The lowest BCUT2D eigenvalue weighted by Gasteiger charge is -2.07. The normalized spacial score (nSPS) is 10.7. The van der Waals surface area contributed by atoms with Crippen molar-refractivity contribution in [2.45, 2.75) is 13.8 Å². The summed E-state index contributed by atoms with van der Waals surface area (Å²) in [6, 6.07) is 11.5. The first-order valence-corrected chi connectivity index (χ1v) is 6.46. The van der Waals surface area contributed by atoms with Gasteiger partial charge in [-0.3, -0.25) is 9.78 Å². The summed E-state index contributed by atoms with van der Waals surface area (Å²) >= 11 is 0. The molecule has 0 fully saturated rings. The summed E-state index contributed by atoms with van der Waals surface area (Å²) in [5, 5.41) is 3.94. The standard InChI is InChI=1S/C16H15N3O/c1-10-9-13(11(2)18-10)16(20)19-14-7-3-5-12-6-4-8-17-15(12)14/h3-9,18H,1-2H3,(H,19,20). The Morgan fingerprint density at radius 3 is 2.75 bits per heavy atom. The van der Waals surface area contributed by atoms with Crippen LogP contribution in [0.25, 0.3) is 10.9 Å². The molecule has 0 aliphatic carbocycles. The van der Waals surface area contributed by atoms with E-state index in [1.54, 1.807) is 6.20 Å². The molecule has 3 rings (SSSR count). The van der Waals surface area contributed by atoms with Gasteiger partial charge < -0.3 is 10.3 Å². The van der Waals surface area contributed by atoms with Crippen molar-refractivity contribution in [2.24, 2.45) is 0 Å². The molecule has 0 aliphatic rings. The van der Waals surface area contributed by atoms with Crippen LogP contribution in [0.5, 0.6) is 0 Å². The highest BCUT2D eigenvalue weighted by molar-refractivity contribution is 6.08. The van der Waals surface area contributed by atoms with Gasteiger partial charge in [0.25, 0.3) is 5.91 Å². The predicted molar refractivity (Wildman–Crippen MR) is 80.0 cm³/mol. The predicted octanol–water partition coefficient (Wildman–Crippen LogP) is 3.43. The minimum atomic E-state index is -0.120. The quantitative estimate of drug-likeness (QED) is 0.745. The average Bonchev–Trinajstić information content (AvgIpc) is 2.78. The van der Waals surface area contributed by atoms with Crippen molar-refractivity contribution in [3.63, 3.8) is 0 Å². The number of aromatic amines is 1. The zero-order valence-electron chi connectivity index (χ0n) is 11.4. The van der Waals surface area contributed by atoms with E-state index in [0.717, 1.165) is 28.0 Å². The fraction of sp³-hybridized carbons (Fsp3) is 0.125. The van der Waals surface area contributed by atoms with Gasteiger partial charge in [-0.1, -0.05) is 18.2 Å². The zero-order chi connectivity index (χ0) is 14.1. The maximum atomic E-state index is 12.3. The first-order valence-electron chi connectivity index (χ1n) is 6.46. The number of carbonyl (C=O) groups is 1. The molecule has 0 spiro atoms. The van der Waals surface area contributed by atoms with Crippen LogP contribution in [0.15, 0.2) is 42.6 Å². The Balaban J connectivity index is 1.97. The van der Waals surface area contributed by atoms with E-state index >= 15 is 0 Å². The Labute approximate surface area is 116 Å². The molecule has 20 heavy (non-hydrogen) atoms. The number of aryl methyl sites for hydroxylation is 2. The number of fused-ring (bicyclic) bond motifs is 1. The second-order valence-electron chi connectivity index (χ2n) is 4.83. The van der Waals surface area contributed by atoms with Crippen LogP contribution in [0, 0.1) is 13.8 Å². The van der Waals surface area contributed by atoms with E-state index in [1.807, 2.05) is 50.2 Å². The Hall–Kier alpha value is -2.62. The van der Waals surface area contributed by atoms with Crippen LogP contribution in [0.4, 0.5) is 5.69 Å². The number of rotatable bonds is 2. The number of H-pyrrole nitrogens is 1. The summed E-state index contributed by atoms with van der Waals surface area (Å²) < 4.78 is 0. The van der Waals surface area contributed by atoms with E-state index in [1.165, 1.54) is 0 Å². The highest BCUT2D eigenvalue weighted by atomic mass is 16.1. The van der Waals surface area contributed by atoms with Gasteiger partial charge in [0, 0.05) is 23.0 Å². The monoisotopic (exact) mass is 265 g/mol. The van der Waals surface area contributed by atoms with Crippen molar-refractivity contribution in [3.05, 3.63) is 59.5 Å². The molecule has 0 atom stereocenters. The van der Waals surface area contributed by atoms with E-state index in [-0.39, 0.29) is 5.91 Å². The van der Waals surface area contributed by atoms with Crippen LogP contribution in [0.2, 0.25) is 0 Å². The Kier molecular flexibility index (Phi) is 2.99. The lowest BCUT2D eigenvalue weighted by Crippen LogP contribution is -2.12. The summed E-state index contributed by atoms with van der Waals surface area (Å²) in [6.45, 7) is 3.83. The van der Waals surface area contributed by atoms with Gasteiger partial charge in [0.15, 0.2) is 0 Å². The van der Waals surface area contributed by atoms with Gasteiger partial charge in [0.1, 0.15) is 0 Å². The van der Waals surface area contributed by atoms with Crippen LogP contribution in [0.3, 0.4) is 0 Å². The van der Waals surface area contributed by atoms with E-state index in [4.69, 9.17) is 0 Å². The molecule has 0 radical (unpaired) electrons. The lowest BCUT2D eigenvalue weighted by molar-refractivity contribution is 0.102. The number of nitrogens with one attached hydrogen (secondary N) is 2. The van der Waals surface area contributed by atoms with E-state index < -0.39 is 0 Å². The number of anilines is 1. The molecule has 4 nitrogen and oxygen atoms in total. The number of carbonyl (C=O) groups excluding carboxylic acids is 1. The molecule has 0 unspecified atom stereocenters. The summed E-state index contributed by atoms with van der Waals surface area (Å²) in [5.74, 6) is -0.120. The molecule has 0 bridgehead atoms. The molecule has 2 N–H and O–H groups in total. The Morgan fingerprint density at radius 2 is 2.00 bits per heavy atom. The molecule has 2 aromatic heterocycles. The number of pyridine rings is 1. The third-order valence-corrected chi connectivity index (χ3v) is 3.28. The minimum Gasteiger partial charge on any atom is -0.362 e. The largest absolute Gasteiger partial charge is 0.362 e. The van der Waals surface area contributed by atoms with Crippen molar-refractivity contribution in [1.29, 1.82) is 0 Å². The molecule has 0 saturated carbocycles. The average molecular weight is 265 g/mol. The van der Waals surface area contributed by atoms with Crippen molar-refractivity contribution in [1.82, 2.24) is 9.97 Å². The van der Waals surface area contributed by atoms with Gasteiger partial charge in [-0.05, 0) is 32.0 Å². The number of aromatic nitrogens is 2. The topological polar surface area (TPSA) is 57.8 Å². The van der Waals surface area contributed by atoms with Crippen LogP contribution < -0.4 is 5.32 Å². The molecular weight excluding hydrogens is 250 g/mol. The fourth-order valence-corrected chi connectivity index (χ4v) is 2.35. The number of benzene rings is 1. The zero-order valence-corrected chi connectivity index (χ0v) is 11.4. The second-order valence-corrected chi connectivity index (χ2v) is 4.83. The van der Waals surface area contributed by atoms with Gasteiger partial charge in [-0.25, -0.2) is 0 Å². The number of hydrogen-bond acceptors (Lipinski definition) is 2. The highest BCUT2D eigenvalue weighted by Gasteiger charge is 2.13. The smallest absolute Gasteiger partial charge is 0.257 e. The van der Waals surface area contributed by atoms with Gasteiger partial charge in [-0.15, -0.1) is 0 Å². The number of para-hydroxylation sites is 1. The molecule has 100 valence electrons. The van der Waals surface area contributed by atoms with Crippen molar-refractivity contribution in [3.8, 4) is 0 Å². The first kappa shape index (κ1) is 12.4. The molecule has 4 heteroatoms. The molecule has 0 saturated heterocycles. The highest BCUT2D eigenvalue weighted by Crippen LogP contribution is 2.22. The third-order valence-electron chi connectivity index (χ3n) is 3.28. The fourth-order valence-electron chi connectivity index (χ4n) is 2.35. The molecular formula is C16H15N3O. The molecule has 1 amide bonds. The SMILES string of the molecule is Cc1cc(C(=O)Nc2cccc3cccnc23)c(C)[nH]1. The summed E-state index contributed by atoms with van der Waals surface area (Å²) in [6.07, 6.45) is 1.73. The van der Waals surface area contributed by atoms with Crippen LogP contribution in [0.1, 0.15) is 21.7 Å². The lowest BCUT2D eigenvalue weighted by atomic mass is 10.1. The number of amides is 1. The van der Waals surface area contributed by atoms with Crippen LogP contribution >= 0.6 is 0 Å². The number of nitrogens with zero attached hydrogens (tertiary/aromatic N) is 1. The molecule has 0 aliphatic heterocycles. The summed E-state index contributed by atoms with van der Waals surface area (Å²) in [5.41, 5.74) is 4.03. The van der Waals surface area contributed by atoms with Gasteiger partial charge in [-0.2, -0.15) is 0 Å². The van der Waals surface area contributed by atoms with Gasteiger partial charge >= 0.3 is 0 Å². The maximum absolute atomic E-state index is 12.3. The first-order chi connectivity index (χ1) is 9.65. The molecule has 3 aromatic rings. The van der Waals surface area contributed by atoms with E-state index in [2.05, 4.69) is 15.3 Å². The van der Waals surface area contributed by atoms with Crippen molar-refractivity contribution in [2.75, 3.05) is 5.32 Å². The minimum absolute atomic E-state index is 0.120. The van der Waals surface area contributed by atoms with Crippen molar-refractivity contribution < 1.29 is 4.79 Å². The van der Waals surface area contributed by atoms with Crippen molar-refractivity contribution >= 4 is 22.5 Å². The molecule has 2 heterocycles. The van der Waals surface area contributed by atoms with Crippen LogP contribution in [-0.2, 0) is 0 Å². The maximum Gasteiger partial charge on any atom is 0.257 e. The Morgan fingerprint density at radius 1 is 1.20 bits per heavy atom. The number of hydrogen-bond donors (Lipinski definition) is 2.